The summed E-state index contributed by atoms with van der Waals surface area (Å²) in [5.41, 5.74) is -1.80. The number of hydrogen-bond donors (Lipinski definition) is 2. The molecule has 7 heteroatoms. The van der Waals surface area contributed by atoms with Crippen molar-refractivity contribution in [2.24, 2.45) is 0 Å². The lowest BCUT2D eigenvalue weighted by Gasteiger charge is -2.20. The summed E-state index contributed by atoms with van der Waals surface area (Å²) in [6.45, 7) is -0.948. The average Bonchev–Trinajstić information content (AvgIpc) is 2.96. The van der Waals surface area contributed by atoms with E-state index in [4.69, 9.17) is 19.7 Å². The molecule has 82 valence electrons. The third-order valence-corrected chi connectivity index (χ3v) is 2.05. The lowest BCUT2D eigenvalue weighted by Crippen LogP contribution is -2.50. The molecular formula is C7H13NO6. The number of hydrogen-bond acceptors (Lipinski definition) is 6. The summed E-state index contributed by atoms with van der Waals surface area (Å²) >= 11 is 0. The summed E-state index contributed by atoms with van der Waals surface area (Å²) in [5, 5.41) is 28.2. The highest BCUT2D eigenvalue weighted by molar-refractivity contribution is 4.78. The molecular weight excluding hydrogens is 194 g/mol. The molecule has 0 spiro atoms. The van der Waals surface area contributed by atoms with Crippen molar-refractivity contribution in [3.8, 4) is 0 Å². The van der Waals surface area contributed by atoms with Gasteiger partial charge in [0.25, 0.3) is 5.54 Å². The molecule has 14 heavy (non-hydrogen) atoms. The lowest BCUT2D eigenvalue weighted by molar-refractivity contribution is -0.581. The highest BCUT2D eigenvalue weighted by Gasteiger charge is 2.42. The molecule has 1 aliphatic rings. The molecule has 0 aromatic rings. The van der Waals surface area contributed by atoms with Crippen LogP contribution in [0.15, 0.2) is 0 Å². The first kappa shape index (κ1) is 11.3. The minimum absolute atomic E-state index is 0.0110. The van der Waals surface area contributed by atoms with E-state index in [0.29, 0.717) is 6.61 Å². The van der Waals surface area contributed by atoms with Crippen LogP contribution in [-0.4, -0.2) is 59.8 Å². The second kappa shape index (κ2) is 4.65. The Bertz CT molecular complexity index is 200. The summed E-state index contributed by atoms with van der Waals surface area (Å²) in [6, 6.07) is 0. The molecule has 0 aromatic carbocycles. The predicted molar refractivity (Wildman–Crippen MR) is 44.5 cm³/mol. The van der Waals surface area contributed by atoms with Crippen molar-refractivity contribution < 1.29 is 24.6 Å². The minimum atomic E-state index is -1.80. The summed E-state index contributed by atoms with van der Waals surface area (Å²) in [7, 11) is 0. The number of epoxide rings is 1. The van der Waals surface area contributed by atoms with Crippen LogP contribution in [0.5, 0.6) is 0 Å². The van der Waals surface area contributed by atoms with E-state index in [0.717, 1.165) is 0 Å². The Morgan fingerprint density at radius 3 is 2.50 bits per heavy atom. The topological polar surface area (TPSA) is 105 Å². The first-order chi connectivity index (χ1) is 6.64. The van der Waals surface area contributed by atoms with E-state index in [1.54, 1.807) is 0 Å². The van der Waals surface area contributed by atoms with Crippen LogP contribution in [0.4, 0.5) is 0 Å². The molecule has 1 aliphatic heterocycles. The van der Waals surface area contributed by atoms with Gasteiger partial charge < -0.3 is 19.7 Å². The SMILES string of the molecule is O=[N+]([O-])C(CO)(CO)COCC1CO1. The first-order valence-corrected chi connectivity index (χ1v) is 4.20. The maximum absolute atomic E-state index is 10.5. The molecule has 1 rings (SSSR count). The van der Waals surface area contributed by atoms with Crippen molar-refractivity contribution >= 4 is 0 Å². The predicted octanol–water partition coefficient (Wildman–Crippen LogP) is -1.60. The van der Waals surface area contributed by atoms with E-state index < -0.39 is 23.7 Å². The van der Waals surface area contributed by atoms with Crippen LogP contribution in [0.25, 0.3) is 0 Å². The summed E-state index contributed by atoms with van der Waals surface area (Å²) in [4.78, 5) is 9.83. The van der Waals surface area contributed by atoms with Crippen molar-refractivity contribution in [1.29, 1.82) is 0 Å². The Morgan fingerprint density at radius 2 is 2.14 bits per heavy atom. The van der Waals surface area contributed by atoms with Crippen molar-refractivity contribution in [3.05, 3.63) is 10.1 Å². The number of nitrogens with zero attached hydrogens (tertiary/aromatic N) is 1. The molecule has 1 heterocycles. The second-order valence-corrected chi connectivity index (χ2v) is 3.27. The van der Waals surface area contributed by atoms with Gasteiger partial charge in [0, 0.05) is 4.92 Å². The third kappa shape index (κ3) is 2.61. The molecule has 1 atom stereocenters. The molecule has 7 nitrogen and oxygen atoms in total. The van der Waals surface area contributed by atoms with Gasteiger partial charge in [-0.1, -0.05) is 0 Å². The van der Waals surface area contributed by atoms with Gasteiger partial charge in [0.15, 0.2) is 0 Å². The van der Waals surface area contributed by atoms with Crippen LogP contribution in [-0.2, 0) is 9.47 Å². The fourth-order valence-corrected chi connectivity index (χ4v) is 0.854. The van der Waals surface area contributed by atoms with Crippen molar-refractivity contribution in [3.63, 3.8) is 0 Å². The third-order valence-electron chi connectivity index (χ3n) is 2.05. The summed E-state index contributed by atoms with van der Waals surface area (Å²) in [5.74, 6) is 0. The van der Waals surface area contributed by atoms with Gasteiger partial charge in [-0.25, -0.2) is 0 Å². The molecule has 1 saturated heterocycles. The maximum atomic E-state index is 10.5. The fourth-order valence-electron chi connectivity index (χ4n) is 0.854. The zero-order valence-corrected chi connectivity index (χ0v) is 7.59. The smallest absolute Gasteiger partial charge is 0.289 e. The number of ether oxygens (including phenoxy) is 2. The summed E-state index contributed by atoms with van der Waals surface area (Å²) in [6.07, 6.45) is 0.0110. The Kier molecular flexibility index (Phi) is 3.76. The fraction of sp³-hybridized carbons (Fsp3) is 1.00. The number of rotatable bonds is 7. The van der Waals surface area contributed by atoms with Gasteiger partial charge in [-0.2, -0.15) is 0 Å². The molecule has 0 bridgehead atoms. The maximum Gasteiger partial charge on any atom is 0.289 e. The van der Waals surface area contributed by atoms with E-state index >= 15 is 0 Å². The van der Waals surface area contributed by atoms with E-state index in [1.807, 2.05) is 0 Å². The molecule has 1 unspecified atom stereocenters. The number of nitro groups is 1. The molecule has 0 saturated carbocycles. The Hall–Kier alpha value is -0.760. The zero-order valence-electron chi connectivity index (χ0n) is 7.59. The molecule has 0 aliphatic carbocycles. The van der Waals surface area contributed by atoms with Crippen LogP contribution >= 0.6 is 0 Å². The first-order valence-electron chi connectivity index (χ1n) is 4.20. The van der Waals surface area contributed by atoms with Crippen LogP contribution in [0.1, 0.15) is 0 Å². The molecule has 1 fully saturated rings. The van der Waals surface area contributed by atoms with E-state index in [-0.39, 0.29) is 19.3 Å². The van der Waals surface area contributed by atoms with Crippen LogP contribution in [0.2, 0.25) is 0 Å². The average molecular weight is 207 g/mol. The molecule has 0 amide bonds. The van der Waals surface area contributed by atoms with Gasteiger partial charge in [0.1, 0.15) is 25.9 Å². The van der Waals surface area contributed by atoms with Crippen molar-refractivity contribution in [1.82, 2.24) is 0 Å². The number of aliphatic hydroxyl groups is 2. The quantitative estimate of drug-likeness (QED) is 0.296. The highest BCUT2D eigenvalue weighted by Crippen LogP contribution is 2.13. The van der Waals surface area contributed by atoms with Gasteiger partial charge in [0.2, 0.25) is 0 Å². The molecule has 0 radical (unpaired) electrons. The summed E-state index contributed by atoms with van der Waals surface area (Å²) < 4.78 is 9.81. The zero-order chi connectivity index (χ0) is 10.6. The van der Waals surface area contributed by atoms with Gasteiger partial charge in [-0.05, 0) is 0 Å². The van der Waals surface area contributed by atoms with Gasteiger partial charge >= 0.3 is 0 Å². The molecule has 2 N–H and O–H groups in total. The van der Waals surface area contributed by atoms with Crippen molar-refractivity contribution in [2.45, 2.75) is 11.6 Å². The normalized spacial score (nSPS) is 20.9. The van der Waals surface area contributed by atoms with E-state index in [1.165, 1.54) is 0 Å². The second-order valence-electron chi connectivity index (χ2n) is 3.27. The monoisotopic (exact) mass is 207 g/mol. The minimum Gasteiger partial charge on any atom is -0.389 e. The van der Waals surface area contributed by atoms with E-state index in [2.05, 4.69) is 0 Å². The van der Waals surface area contributed by atoms with Crippen LogP contribution in [0, 0.1) is 10.1 Å². The van der Waals surface area contributed by atoms with Gasteiger partial charge in [-0.15, -0.1) is 0 Å². The lowest BCUT2D eigenvalue weighted by atomic mass is 10.1. The highest BCUT2D eigenvalue weighted by atomic mass is 16.6. The molecule has 0 aromatic heterocycles. The van der Waals surface area contributed by atoms with Gasteiger partial charge in [-0.3, -0.25) is 10.1 Å². The largest absolute Gasteiger partial charge is 0.389 e. The standard InChI is InChI=1S/C7H13NO6/c9-3-7(4-10,8(11)12)5-13-1-6-2-14-6/h6,9-10H,1-5H2. The van der Waals surface area contributed by atoms with Crippen molar-refractivity contribution in [2.75, 3.05) is 33.0 Å². The van der Waals surface area contributed by atoms with Crippen LogP contribution in [0.3, 0.4) is 0 Å². The Morgan fingerprint density at radius 1 is 1.57 bits per heavy atom. The number of aliphatic hydroxyl groups excluding tert-OH is 2. The van der Waals surface area contributed by atoms with E-state index in [9.17, 15) is 10.1 Å². The Labute approximate surface area is 80.4 Å². The van der Waals surface area contributed by atoms with Crippen LogP contribution < -0.4 is 0 Å². The van der Waals surface area contributed by atoms with Gasteiger partial charge in [0.05, 0.1) is 13.2 Å². The Balaban J connectivity index is 2.35.